The molecule has 1 saturated heterocycles. The molecule has 5 nitrogen and oxygen atoms in total. The second-order valence-corrected chi connectivity index (χ2v) is 5.75. The number of hydrogen-bond acceptors (Lipinski definition) is 4. The highest BCUT2D eigenvalue weighted by Crippen LogP contribution is 2.25. The first-order valence-electron chi connectivity index (χ1n) is 7.37. The average Bonchev–Trinajstić information content (AvgIpc) is 2.79. The van der Waals surface area contributed by atoms with Gasteiger partial charge in [-0.25, -0.2) is 0 Å². The van der Waals surface area contributed by atoms with Crippen molar-refractivity contribution in [1.82, 2.24) is 14.7 Å². The first kappa shape index (κ1) is 13.9. The number of nitrogens with two attached hydrogens (primary N) is 1. The molecule has 1 aromatic carbocycles. The molecule has 2 N–H and O–H groups in total. The molecule has 5 heteroatoms. The van der Waals surface area contributed by atoms with E-state index in [2.05, 4.69) is 17.0 Å². The number of nitrogen functional groups attached to an aromatic ring is 1. The zero-order valence-electron chi connectivity index (χ0n) is 12.6. The minimum Gasteiger partial charge on any atom is -0.489 e. The third-order valence-electron chi connectivity index (χ3n) is 3.93. The van der Waals surface area contributed by atoms with Gasteiger partial charge >= 0.3 is 0 Å². The topological polar surface area (TPSA) is 56.3 Å². The number of benzene rings is 1. The molecule has 1 aliphatic rings. The molecule has 21 heavy (non-hydrogen) atoms. The van der Waals surface area contributed by atoms with Crippen molar-refractivity contribution in [2.45, 2.75) is 18.9 Å². The summed E-state index contributed by atoms with van der Waals surface area (Å²) in [6.45, 7) is 2.15. The number of likely N-dealkylation sites (N-methyl/N-ethyl adjacent to an activating group) is 1. The van der Waals surface area contributed by atoms with Crippen LogP contribution in [0, 0.1) is 0 Å². The zero-order chi connectivity index (χ0) is 14.8. The number of anilines is 1. The highest BCUT2D eigenvalue weighted by molar-refractivity contribution is 5.63. The zero-order valence-corrected chi connectivity index (χ0v) is 12.6. The van der Waals surface area contributed by atoms with Crippen molar-refractivity contribution >= 4 is 5.82 Å². The molecular weight excluding hydrogens is 264 g/mol. The van der Waals surface area contributed by atoms with Crippen molar-refractivity contribution in [3.8, 4) is 17.0 Å². The van der Waals surface area contributed by atoms with Crippen LogP contribution in [0.2, 0.25) is 0 Å². The van der Waals surface area contributed by atoms with Crippen LogP contribution in [0.4, 0.5) is 5.82 Å². The summed E-state index contributed by atoms with van der Waals surface area (Å²) in [7, 11) is 3.99. The lowest BCUT2D eigenvalue weighted by Gasteiger charge is -2.30. The van der Waals surface area contributed by atoms with Gasteiger partial charge in [-0.1, -0.05) is 12.1 Å². The monoisotopic (exact) mass is 286 g/mol. The van der Waals surface area contributed by atoms with Crippen LogP contribution in [-0.4, -0.2) is 40.9 Å². The van der Waals surface area contributed by atoms with Crippen molar-refractivity contribution in [2.24, 2.45) is 7.05 Å². The van der Waals surface area contributed by atoms with Crippen molar-refractivity contribution in [1.29, 1.82) is 0 Å². The number of aryl methyl sites for hydroxylation is 1. The first-order valence-corrected chi connectivity index (χ1v) is 7.37. The highest BCUT2D eigenvalue weighted by Gasteiger charge is 2.18. The van der Waals surface area contributed by atoms with Gasteiger partial charge < -0.3 is 15.4 Å². The van der Waals surface area contributed by atoms with Gasteiger partial charge in [-0.05, 0) is 38.6 Å². The average molecular weight is 286 g/mol. The first-order chi connectivity index (χ1) is 10.1. The molecule has 2 aromatic rings. The van der Waals surface area contributed by atoms with Crippen molar-refractivity contribution in [2.75, 3.05) is 25.9 Å². The molecule has 112 valence electrons. The maximum Gasteiger partial charge on any atom is 0.121 e. The second-order valence-electron chi connectivity index (χ2n) is 5.75. The Morgan fingerprint density at radius 3 is 2.86 bits per heavy atom. The summed E-state index contributed by atoms with van der Waals surface area (Å²) in [5, 5.41) is 4.41. The smallest absolute Gasteiger partial charge is 0.121 e. The molecule has 1 unspecified atom stereocenters. The van der Waals surface area contributed by atoms with Gasteiger partial charge in [0, 0.05) is 25.2 Å². The van der Waals surface area contributed by atoms with Gasteiger partial charge in [-0.15, -0.1) is 0 Å². The van der Waals surface area contributed by atoms with E-state index in [4.69, 9.17) is 10.5 Å². The van der Waals surface area contributed by atoms with Crippen LogP contribution < -0.4 is 10.5 Å². The minimum atomic E-state index is 0.271. The summed E-state index contributed by atoms with van der Waals surface area (Å²) in [4.78, 5) is 2.32. The van der Waals surface area contributed by atoms with Crippen LogP contribution in [0.3, 0.4) is 0 Å². The lowest BCUT2D eigenvalue weighted by Crippen LogP contribution is -2.38. The molecule has 1 atom stereocenters. The maximum absolute atomic E-state index is 6.12. The molecule has 2 heterocycles. The SMILES string of the molecule is CN1CCCC(Oc2cccc(-c3cc(N)n(C)n3)c2)C1. The van der Waals surface area contributed by atoms with Crippen molar-refractivity contribution in [3.05, 3.63) is 30.3 Å². The molecule has 0 amide bonds. The van der Waals surface area contributed by atoms with E-state index in [-0.39, 0.29) is 6.10 Å². The number of likely N-dealkylation sites (tertiary alicyclic amines) is 1. The van der Waals surface area contributed by atoms with E-state index in [0.29, 0.717) is 5.82 Å². The van der Waals surface area contributed by atoms with Gasteiger partial charge in [0.2, 0.25) is 0 Å². The summed E-state index contributed by atoms with van der Waals surface area (Å²) < 4.78 is 7.80. The summed E-state index contributed by atoms with van der Waals surface area (Å²) >= 11 is 0. The van der Waals surface area contributed by atoms with Gasteiger partial charge in [0.15, 0.2) is 0 Å². The third kappa shape index (κ3) is 3.19. The van der Waals surface area contributed by atoms with E-state index in [1.807, 2.05) is 37.4 Å². The molecular formula is C16H22N4O. The van der Waals surface area contributed by atoms with Crippen LogP contribution in [0.25, 0.3) is 11.3 Å². The van der Waals surface area contributed by atoms with Gasteiger partial charge in [0.1, 0.15) is 17.7 Å². The highest BCUT2D eigenvalue weighted by atomic mass is 16.5. The van der Waals surface area contributed by atoms with E-state index in [1.54, 1.807) is 4.68 Å². The molecule has 0 radical (unpaired) electrons. The molecule has 3 rings (SSSR count). The lowest BCUT2D eigenvalue weighted by atomic mass is 10.1. The maximum atomic E-state index is 6.12. The van der Waals surface area contributed by atoms with Crippen molar-refractivity contribution in [3.63, 3.8) is 0 Å². The predicted molar refractivity (Wildman–Crippen MR) is 84.2 cm³/mol. The van der Waals surface area contributed by atoms with Crippen LogP contribution in [0.1, 0.15) is 12.8 Å². The second kappa shape index (κ2) is 5.77. The van der Waals surface area contributed by atoms with Gasteiger partial charge in [-0.2, -0.15) is 5.10 Å². The molecule has 0 spiro atoms. The fourth-order valence-corrected chi connectivity index (χ4v) is 2.76. The van der Waals surface area contributed by atoms with Crippen LogP contribution in [0.15, 0.2) is 30.3 Å². The molecule has 0 bridgehead atoms. The Morgan fingerprint density at radius 2 is 2.14 bits per heavy atom. The minimum absolute atomic E-state index is 0.271. The van der Waals surface area contributed by atoms with Crippen LogP contribution in [-0.2, 0) is 7.05 Å². The predicted octanol–water partition coefficient (Wildman–Crippen LogP) is 2.14. The fourth-order valence-electron chi connectivity index (χ4n) is 2.76. The lowest BCUT2D eigenvalue weighted by molar-refractivity contribution is 0.104. The largest absolute Gasteiger partial charge is 0.489 e. The van der Waals surface area contributed by atoms with E-state index in [1.165, 1.54) is 6.42 Å². The van der Waals surface area contributed by atoms with E-state index in [9.17, 15) is 0 Å². The Morgan fingerprint density at radius 1 is 1.29 bits per heavy atom. The number of ether oxygens (including phenoxy) is 1. The standard InChI is InChI=1S/C16H22N4O/c1-19-8-4-7-14(11-19)21-13-6-3-5-12(9-13)15-10-16(17)20(2)18-15/h3,5-6,9-10,14H,4,7-8,11,17H2,1-2H3. The summed E-state index contributed by atoms with van der Waals surface area (Å²) in [6.07, 6.45) is 2.58. The van der Waals surface area contributed by atoms with Crippen molar-refractivity contribution < 1.29 is 4.74 Å². The Bertz CT molecular complexity index is 603. The number of hydrogen-bond donors (Lipinski definition) is 1. The number of nitrogens with zero attached hydrogens (tertiary/aromatic N) is 3. The normalized spacial score (nSPS) is 19.6. The molecule has 0 aliphatic carbocycles. The summed E-state index contributed by atoms with van der Waals surface area (Å²) in [5.41, 5.74) is 7.75. The molecule has 1 aromatic heterocycles. The molecule has 1 aliphatic heterocycles. The number of rotatable bonds is 3. The van der Waals surface area contributed by atoms with Crippen LogP contribution >= 0.6 is 0 Å². The molecule has 1 fully saturated rings. The molecule has 0 saturated carbocycles. The summed E-state index contributed by atoms with van der Waals surface area (Å²) in [5.74, 6) is 1.56. The number of piperidine rings is 1. The Kier molecular flexibility index (Phi) is 3.84. The quantitative estimate of drug-likeness (QED) is 0.939. The number of aromatic nitrogens is 2. The van der Waals surface area contributed by atoms with E-state index < -0.39 is 0 Å². The van der Waals surface area contributed by atoms with E-state index in [0.717, 1.165) is 36.5 Å². The van der Waals surface area contributed by atoms with Gasteiger partial charge in [-0.3, -0.25) is 4.68 Å². The van der Waals surface area contributed by atoms with Gasteiger partial charge in [0.05, 0.1) is 5.69 Å². The Labute approximate surface area is 125 Å². The van der Waals surface area contributed by atoms with E-state index >= 15 is 0 Å². The summed E-state index contributed by atoms with van der Waals surface area (Å²) in [6, 6.07) is 9.96. The fraction of sp³-hybridized carbons (Fsp3) is 0.438. The third-order valence-corrected chi connectivity index (χ3v) is 3.93. The Balaban J connectivity index is 1.76. The van der Waals surface area contributed by atoms with Gasteiger partial charge in [0.25, 0.3) is 0 Å². The van der Waals surface area contributed by atoms with Crippen LogP contribution in [0.5, 0.6) is 5.75 Å². The Hall–Kier alpha value is -2.01.